The predicted octanol–water partition coefficient (Wildman–Crippen LogP) is 0.658. The van der Waals surface area contributed by atoms with E-state index in [4.69, 9.17) is 14.6 Å². The number of rotatable bonds is 7. The highest BCUT2D eigenvalue weighted by Gasteiger charge is 2.12. The van der Waals surface area contributed by atoms with E-state index in [-0.39, 0.29) is 12.6 Å². The number of nitrogens with one attached hydrogen (secondary N) is 1. The lowest BCUT2D eigenvalue weighted by atomic mass is 10.1. The van der Waals surface area contributed by atoms with Crippen molar-refractivity contribution in [2.45, 2.75) is 12.1 Å². The molecule has 0 aliphatic heterocycles. The summed E-state index contributed by atoms with van der Waals surface area (Å²) in [5.41, 5.74) is 0.879. The number of aliphatic hydroxyl groups excluding tert-OH is 2. The topological polar surface area (TPSA) is 71.0 Å². The number of likely N-dealkylation sites (N-methyl/N-ethyl adjacent to an activating group) is 1. The molecule has 0 fully saturated rings. The summed E-state index contributed by atoms with van der Waals surface area (Å²) in [4.78, 5) is 0. The van der Waals surface area contributed by atoms with Gasteiger partial charge in [0, 0.05) is 0 Å². The Balaban J connectivity index is 2.81. The van der Waals surface area contributed by atoms with E-state index in [1.165, 1.54) is 0 Å². The maximum Gasteiger partial charge on any atom is 0.161 e. The summed E-state index contributed by atoms with van der Waals surface area (Å²) in [5, 5.41) is 21.7. The lowest BCUT2D eigenvalue weighted by Gasteiger charge is -2.16. The third-order valence-corrected chi connectivity index (χ3v) is 2.87. The van der Waals surface area contributed by atoms with Gasteiger partial charge in [-0.15, -0.1) is 0 Å². The average Bonchev–Trinajstić information content (AvgIpc) is 2.45. The zero-order valence-corrected chi connectivity index (χ0v) is 11.5. The van der Waals surface area contributed by atoms with Gasteiger partial charge in [0.25, 0.3) is 0 Å². The van der Waals surface area contributed by atoms with Gasteiger partial charge in [-0.2, -0.15) is 0 Å². The number of benzene rings is 1. The van der Waals surface area contributed by atoms with Crippen LogP contribution in [0, 0.1) is 0 Å². The SMILES string of the molecule is CN[C@H](CO)[C@@H](O)/C=C/c1ccc(OC)c(OC)c1. The summed E-state index contributed by atoms with van der Waals surface area (Å²) in [6, 6.07) is 5.09. The molecule has 19 heavy (non-hydrogen) atoms. The van der Waals surface area contributed by atoms with Gasteiger partial charge in [0.05, 0.1) is 33.0 Å². The molecule has 5 heteroatoms. The Morgan fingerprint density at radius 2 is 1.95 bits per heavy atom. The van der Waals surface area contributed by atoms with Crippen LogP contribution in [0.2, 0.25) is 0 Å². The molecule has 0 unspecified atom stereocenters. The van der Waals surface area contributed by atoms with Gasteiger partial charge < -0.3 is 25.0 Å². The summed E-state index contributed by atoms with van der Waals surface area (Å²) < 4.78 is 10.3. The molecule has 106 valence electrons. The molecule has 0 bridgehead atoms. The molecule has 1 rings (SSSR count). The highest BCUT2D eigenvalue weighted by molar-refractivity contribution is 5.56. The van der Waals surface area contributed by atoms with E-state index in [0.717, 1.165) is 5.56 Å². The summed E-state index contributed by atoms with van der Waals surface area (Å²) in [6.45, 7) is -0.131. The third kappa shape index (κ3) is 4.24. The summed E-state index contributed by atoms with van der Waals surface area (Å²) in [7, 11) is 4.84. The maximum atomic E-state index is 9.83. The van der Waals surface area contributed by atoms with E-state index in [1.807, 2.05) is 12.1 Å². The molecule has 0 heterocycles. The van der Waals surface area contributed by atoms with Gasteiger partial charge in [-0.3, -0.25) is 0 Å². The minimum atomic E-state index is -0.761. The molecule has 2 atom stereocenters. The average molecular weight is 267 g/mol. The lowest BCUT2D eigenvalue weighted by Crippen LogP contribution is -2.39. The van der Waals surface area contributed by atoms with Crippen LogP contribution in [0.4, 0.5) is 0 Å². The Morgan fingerprint density at radius 3 is 2.47 bits per heavy atom. The Bertz CT molecular complexity index is 416. The Morgan fingerprint density at radius 1 is 1.26 bits per heavy atom. The number of ether oxygens (including phenoxy) is 2. The van der Waals surface area contributed by atoms with E-state index in [0.29, 0.717) is 11.5 Å². The van der Waals surface area contributed by atoms with Crippen LogP contribution in [0.5, 0.6) is 11.5 Å². The van der Waals surface area contributed by atoms with Gasteiger partial charge in [-0.1, -0.05) is 18.2 Å². The highest BCUT2D eigenvalue weighted by atomic mass is 16.5. The minimum absolute atomic E-state index is 0.131. The lowest BCUT2D eigenvalue weighted by molar-refractivity contribution is 0.128. The maximum absolute atomic E-state index is 9.83. The molecule has 1 aromatic rings. The predicted molar refractivity (Wildman–Crippen MR) is 74.5 cm³/mol. The highest BCUT2D eigenvalue weighted by Crippen LogP contribution is 2.28. The molecule has 0 saturated heterocycles. The van der Waals surface area contributed by atoms with Crippen molar-refractivity contribution in [1.82, 2.24) is 5.32 Å². The fourth-order valence-corrected chi connectivity index (χ4v) is 1.67. The molecule has 0 amide bonds. The van der Waals surface area contributed by atoms with E-state index >= 15 is 0 Å². The second-order valence-corrected chi connectivity index (χ2v) is 4.04. The Kier molecular flexibility index (Phi) is 6.35. The molecule has 1 aromatic carbocycles. The molecule has 0 radical (unpaired) electrons. The molecule has 5 nitrogen and oxygen atoms in total. The molecule has 0 spiro atoms. The Hall–Kier alpha value is -1.56. The first kappa shape index (κ1) is 15.5. The van der Waals surface area contributed by atoms with Gasteiger partial charge in [-0.05, 0) is 24.7 Å². The molecule has 3 N–H and O–H groups in total. The van der Waals surface area contributed by atoms with Gasteiger partial charge in [0.15, 0.2) is 11.5 Å². The minimum Gasteiger partial charge on any atom is -0.493 e. The summed E-state index contributed by atoms with van der Waals surface area (Å²) >= 11 is 0. The zero-order chi connectivity index (χ0) is 14.3. The van der Waals surface area contributed by atoms with Crippen molar-refractivity contribution in [2.24, 2.45) is 0 Å². The van der Waals surface area contributed by atoms with Gasteiger partial charge in [0.1, 0.15) is 0 Å². The van der Waals surface area contributed by atoms with Crippen LogP contribution in [0.3, 0.4) is 0 Å². The van der Waals surface area contributed by atoms with Crippen molar-refractivity contribution in [3.05, 3.63) is 29.8 Å². The number of hydrogen-bond donors (Lipinski definition) is 3. The molecule has 0 aromatic heterocycles. The van der Waals surface area contributed by atoms with Crippen molar-refractivity contribution in [2.75, 3.05) is 27.9 Å². The van der Waals surface area contributed by atoms with Gasteiger partial charge in [0.2, 0.25) is 0 Å². The van der Waals surface area contributed by atoms with Crippen LogP contribution in [0.1, 0.15) is 5.56 Å². The van der Waals surface area contributed by atoms with Crippen LogP contribution in [0.15, 0.2) is 24.3 Å². The first-order valence-electron chi connectivity index (χ1n) is 6.02. The third-order valence-electron chi connectivity index (χ3n) is 2.87. The van der Waals surface area contributed by atoms with E-state index in [2.05, 4.69) is 5.32 Å². The van der Waals surface area contributed by atoms with Crippen LogP contribution < -0.4 is 14.8 Å². The molecular formula is C14H21NO4. The van der Waals surface area contributed by atoms with Crippen molar-refractivity contribution < 1.29 is 19.7 Å². The fraction of sp³-hybridized carbons (Fsp3) is 0.429. The van der Waals surface area contributed by atoms with Crippen molar-refractivity contribution in [3.63, 3.8) is 0 Å². The normalized spacial score (nSPS) is 14.4. The van der Waals surface area contributed by atoms with Gasteiger partial charge in [-0.25, -0.2) is 0 Å². The van der Waals surface area contributed by atoms with Crippen molar-refractivity contribution >= 4 is 6.08 Å². The monoisotopic (exact) mass is 267 g/mol. The second-order valence-electron chi connectivity index (χ2n) is 4.04. The van der Waals surface area contributed by atoms with Gasteiger partial charge >= 0.3 is 0 Å². The fourth-order valence-electron chi connectivity index (χ4n) is 1.67. The van der Waals surface area contributed by atoms with E-state index in [9.17, 15) is 5.11 Å². The standard InChI is InChI=1S/C14H21NO4/c1-15-11(9-16)12(17)6-4-10-5-7-13(18-2)14(8-10)19-3/h4-8,11-12,15-17H,9H2,1-3H3/b6-4+/t11-,12+/m1/s1. The molecular weight excluding hydrogens is 246 g/mol. The first-order valence-corrected chi connectivity index (χ1v) is 6.02. The van der Waals surface area contributed by atoms with Crippen LogP contribution in [-0.2, 0) is 0 Å². The van der Waals surface area contributed by atoms with Crippen molar-refractivity contribution in [3.8, 4) is 11.5 Å². The molecule has 0 aliphatic rings. The van der Waals surface area contributed by atoms with E-state index in [1.54, 1.807) is 39.5 Å². The number of methoxy groups -OCH3 is 2. The Labute approximate surface area is 113 Å². The smallest absolute Gasteiger partial charge is 0.161 e. The summed E-state index contributed by atoms with van der Waals surface area (Å²) in [6.07, 6.45) is 2.63. The van der Waals surface area contributed by atoms with Crippen molar-refractivity contribution in [1.29, 1.82) is 0 Å². The largest absolute Gasteiger partial charge is 0.493 e. The first-order chi connectivity index (χ1) is 9.15. The zero-order valence-electron chi connectivity index (χ0n) is 11.5. The van der Waals surface area contributed by atoms with E-state index < -0.39 is 6.10 Å². The molecule has 0 saturated carbocycles. The van der Waals surface area contributed by atoms with Crippen LogP contribution >= 0.6 is 0 Å². The number of aliphatic hydroxyl groups is 2. The quantitative estimate of drug-likeness (QED) is 0.677. The number of hydrogen-bond acceptors (Lipinski definition) is 5. The second kappa shape index (κ2) is 7.78. The van der Waals surface area contributed by atoms with Crippen LogP contribution in [-0.4, -0.2) is 50.2 Å². The van der Waals surface area contributed by atoms with Crippen LogP contribution in [0.25, 0.3) is 6.08 Å². The molecule has 0 aliphatic carbocycles. The summed E-state index contributed by atoms with van der Waals surface area (Å²) in [5.74, 6) is 1.29.